The lowest BCUT2D eigenvalue weighted by Gasteiger charge is -2.09. The fourth-order valence-corrected chi connectivity index (χ4v) is 1.27. The Balaban J connectivity index is 3.54. The zero-order valence-electron chi connectivity index (χ0n) is 6.37. The number of hydrogen-bond donors (Lipinski definition) is 0. The smallest absolute Gasteiger partial charge is 0.192 e. The molecule has 0 heterocycles. The summed E-state index contributed by atoms with van der Waals surface area (Å²) < 4.78 is -0.694. The van der Waals surface area contributed by atoms with E-state index in [0.717, 1.165) is 19.3 Å². The van der Waals surface area contributed by atoms with Crippen LogP contribution in [0.25, 0.3) is 0 Å². The molecule has 0 saturated carbocycles. The summed E-state index contributed by atoms with van der Waals surface area (Å²) in [4.78, 5) is 11.2. The van der Waals surface area contributed by atoms with Crippen molar-refractivity contribution in [2.75, 3.05) is 0 Å². The summed E-state index contributed by atoms with van der Waals surface area (Å²) in [6.07, 6.45) is 3.86. The van der Waals surface area contributed by atoms with Crippen LogP contribution in [0.2, 0.25) is 0 Å². The minimum Gasteiger partial charge on any atom is -0.296 e. The maximum atomic E-state index is 11.2. The summed E-state index contributed by atoms with van der Waals surface area (Å²) in [5.74, 6) is 0.144. The number of Topliss-reactive ketones (excluding diaryl/α,β-unsaturated/α-hetero) is 1. The molecule has 0 amide bonds. The Kier molecular flexibility index (Phi) is 6.28. The highest BCUT2D eigenvalue weighted by atomic mass is 80.0. The van der Waals surface area contributed by atoms with Gasteiger partial charge in [-0.2, -0.15) is 0 Å². The molecule has 0 aromatic rings. The normalized spacial score (nSPS) is 11.6. The van der Waals surface area contributed by atoms with Crippen molar-refractivity contribution < 1.29 is 4.79 Å². The number of ketones is 1. The molecular weight excluding hydrogens is 340 g/mol. The van der Waals surface area contributed by atoms with E-state index in [1.807, 2.05) is 0 Å². The molecule has 0 bridgehead atoms. The number of carbonyl (C=O) groups is 1. The lowest BCUT2D eigenvalue weighted by atomic mass is 10.2. The number of unbranched alkanes of at least 4 members (excludes halogenated alkanes) is 2. The van der Waals surface area contributed by atoms with Gasteiger partial charge in [0, 0.05) is 6.42 Å². The number of alkyl halides is 3. The second-order valence-electron chi connectivity index (χ2n) is 2.38. The van der Waals surface area contributed by atoms with Crippen LogP contribution in [0.3, 0.4) is 0 Å². The van der Waals surface area contributed by atoms with Crippen LogP contribution in [-0.4, -0.2) is 7.93 Å². The first-order valence-electron chi connectivity index (χ1n) is 3.58. The van der Waals surface area contributed by atoms with Gasteiger partial charge in [-0.15, -0.1) is 0 Å². The van der Waals surface area contributed by atoms with Crippen LogP contribution in [0.1, 0.15) is 32.6 Å². The summed E-state index contributed by atoms with van der Waals surface area (Å²) in [7, 11) is 0. The third-order valence-electron chi connectivity index (χ3n) is 1.32. The van der Waals surface area contributed by atoms with Gasteiger partial charge in [0.1, 0.15) is 0 Å². The van der Waals surface area contributed by atoms with Gasteiger partial charge >= 0.3 is 0 Å². The van der Waals surface area contributed by atoms with E-state index in [4.69, 9.17) is 0 Å². The van der Waals surface area contributed by atoms with E-state index in [1.165, 1.54) is 0 Å². The zero-order valence-corrected chi connectivity index (χ0v) is 11.1. The molecule has 0 aliphatic rings. The predicted octanol–water partition coefficient (Wildman–Crippen LogP) is 3.97. The highest BCUT2D eigenvalue weighted by Gasteiger charge is 2.26. The van der Waals surface area contributed by atoms with Crippen molar-refractivity contribution in [2.45, 2.75) is 34.7 Å². The van der Waals surface area contributed by atoms with E-state index in [-0.39, 0.29) is 5.78 Å². The highest BCUT2D eigenvalue weighted by molar-refractivity contribution is 9.40. The lowest BCUT2D eigenvalue weighted by Crippen LogP contribution is -2.16. The van der Waals surface area contributed by atoms with Crippen LogP contribution >= 0.6 is 47.8 Å². The van der Waals surface area contributed by atoms with E-state index in [9.17, 15) is 4.79 Å². The van der Waals surface area contributed by atoms with Gasteiger partial charge in [-0.25, -0.2) is 0 Å². The SMILES string of the molecule is CCCCCC(=O)C(Br)(Br)Br. The van der Waals surface area contributed by atoms with Crippen molar-refractivity contribution in [1.82, 2.24) is 0 Å². The van der Waals surface area contributed by atoms with E-state index < -0.39 is 2.14 Å². The van der Waals surface area contributed by atoms with Gasteiger partial charge in [0.25, 0.3) is 0 Å². The molecule has 4 heteroatoms. The molecule has 0 aliphatic carbocycles. The third kappa shape index (κ3) is 6.29. The number of rotatable bonds is 4. The summed E-state index contributed by atoms with van der Waals surface area (Å²) in [5.41, 5.74) is 0. The molecule has 0 aromatic carbocycles. The summed E-state index contributed by atoms with van der Waals surface area (Å²) in [6, 6.07) is 0. The fourth-order valence-electron chi connectivity index (χ4n) is 0.677. The molecule has 11 heavy (non-hydrogen) atoms. The van der Waals surface area contributed by atoms with Crippen LogP contribution < -0.4 is 0 Å². The number of carbonyl (C=O) groups excluding carboxylic acids is 1. The maximum Gasteiger partial charge on any atom is 0.192 e. The fraction of sp³-hybridized carbons (Fsp3) is 0.857. The molecule has 0 rings (SSSR count). The molecule has 0 fully saturated rings. The van der Waals surface area contributed by atoms with Crippen molar-refractivity contribution in [3.8, 4) is 0 Å². The summed E-state index contributed by atoms with van der Waals surface area (Å²) in [5, 5.41) is 0. The Morgan fingerprint density at radius 1 is 1.27 bits per heavy atom. The van der Waals surface area contributed by atoms with Gasteiger partial charge < -0.3 is 0 Å². The second-order valence-corrected chi connectivity index (χ2v) is 9.14. The topological polar surface area (TPSA) is 17.1 Å². The third-order valence-corrected chi connectivity index (χ3v) is 2.65. The molecule has 0 saturated heterocycles. The summed E-state index contributed by atoms with van der Waals surface area (Å²) >= 11 is 9.54. The largest absolute Gasteiger partial charge is 0.296 e. The van der Waals surface area contributed by atoms with E-state index in [1.54, 1.807) is 0 Å². The Hall–Kier alpha value is 1.11. The average molecular weight is 351 g/mol. The minimum atomic E-state index is -0.694. The van der Waals surface area contributed by atoms with Gasteiger partial charge in [0.05, 0.1) is 0 Å². The molecule has 0 atom stereocenters. The van der Waals surface area contributed by atoms with Gasteiger partial charge in [0.15, 0.2) is 7.93 Å². The van der Waals surface area contributed by atoms with Gasteiger partial charge in [-0.3, -0.25) is 4.79 Å². The molecule has 0 unspecified atom stereocenters. The van der Waals surface area contributed by atoms with E-state index in [2.05, 4.69) is 54.7 Å². The van der Waals surface area contributed by atoms with Gasteiger partial charge in [0.2, 0.25) is 0 Å². The van der Waals surface area contributed by atoms with Crippen LogP contribution in [0.15, 0.2) is 0 Å². The molecule has 1 nitrogen and oxygen atoms in total. The molecule has 66 valence electrons. The zero-order chi connectivity index (χ0) is 8.91. The molecule has 0 aromatic heterocycles. The number of hydrogen-bond acceptors (Lipinski definition) is 1. The first-order chi connectivity index (χ1) is 4.98. The summed E-state index contributed by atoms with van der Waals surface area (Å²) in [6.45, 7) is 2.12. The Morgan fingerprint density at radius 2 is 1.82 bits per heavy atom. The Bertz CT molecular complexity index is 128. The Labute approximate surface area is 92.7 Å². The Morgan fingerprint density at radius 3 is 2.18 bits per heavy atom. The van der Waals surface area contributed by atoms with Crippen molar-refractivity contribution in [3.63, 3.8) is 0 Å². The monoisotopic (exact) mass is 348 g/mol. The van der Waals surface area contributed by atoms with Crippen LogP contribution in [-0.2, 0) is 4.79 Å². The maximum absolute atomic E-state index is 11.2. The van der Waals surface area contributed by atoms with E-state index >= 15 is 0 Å². The van der Waals surface area contributed by atoms with Crippen molar-refractivity contribution in [2.24, 2.45) is 0 Å². The van der Waals surface area contributed by atoms with E-state index in [0.29, 0.717) is 6.42 Å². The van der Waals surface area contributed by atoms with Crippen molar-refractivity contribution in [3.05, 3.63) is 0 Å². The van der Waals surface area contributed by atoms with Crippen molar-refractivity contribution in [1.29, 1.82) is 0 Å². The first kappa shape index (κ1) is 12.1. The molecular formula is C7H11Br3O. The second kappa shape index (κ2) is 5.70. The molecule has 0 aliphatic heterocycles. The van der Waals surface area contributed by atoms with Crippen LogP contribution in [0, 0.1) is 0 Å². The van der Waals surface area contributed by atoms with Crippen LogP contribution in [0.5, 0.6) is 0 Å². The predicted molar refractivity (Wildman–Crippen MR) is 58.7 cm³/mol. The average Bonchev–Trinajstić information content (AvgIpc) is 1.86. The van der Waals surface area contributed by atoms with Crippen molar-refractivity contribution >= 4 is 53.6 Å². The molecule has 0 spiro atoms. The molecule has 0 N–H and O–H groups in total. The van der Waals surface area contributed by atoms with Gasteiger partial charge in [-0.05, 0) is 6.42 Å². The quantitative estimate of drug-likeness (QED) is 0.553. The highest BCUT2D eigenvalue weighted by Crippen LogP contribution is 2.35. The lowest BCUT2D eigenvalue weighted by molar-refractivity contribution is -0.117. The standard InChI is InChI=1S/C7H11Br3O/c1-2-3-4-5-6(11)7(8,9)10/h2-5H2,1H3. The van der Waals surface area contributed by atoms with Crippen LogP contribution in [0.4, 0.5) is 0 Å². The first-order valence-corrected chi connectivity index (χ1v) is 5.96. The van der Waals surface area contributed by atoms with Gasteiger partial charge in [-0.1, -0.05) is 67.6 Å². The minimum absolute atomic E-state index is 0.144. The molecule has 0 radical (unpaired) electrons. The number of halogens is 3.